The number of rotatable bonds is 5. The van der Waals surface area contributed by atoms with E-state index in [-0.39, 0.29) is 0 Å². The van der Waals surface area contributed by atoms with Crippen molar-refractivity contribution in [2.45, 2.75) is 20.0 Å². The van der Waals surface area contributed by atoms with E-state index in [0.717, 1.165) is 34.8 Å². The van der Waals surface area contributed by atoms with Gasteiger partial charge in [-0.3, -0.25) is 0 Å². The Labute approximate surface area is 190 Å². The number of para-hydroxylation sites is 1. The molecule has 0 bridgehead atoms. The van der Waals surface area contributed by atoms with Crippen LogP contribution in [0.5, 0.6) is 0 Å². The molecule has 0 fully saturated rings. The van der Waals surface area contributed by atoms with Crippen LogP contribution in [0.25, 0.3) is 22.6 Å². The van der Waals surface area contributed by atoms with E-state index in [0.29, 0.717) is 17.2 Å². The molecule has 0 saturated heterocycles. The summed E-state index contributed by atoms with van der Waals surface area (Å²) in [6.45, 7) is 4.01. The van der Waals surface area contributed by atoms with Crippen LogP contribution in [0.3, 0.4) is 0 Å². The summed E-state index contributed by atoms with van der Waals surface area (Å²) in [6.07, 6.45) is -2.85. The molecule has 0 saturated carbocycles. The molecule has 0 spiro atoms. The Kier molecular flexibility index (Phi) is 5.84. The first-order valence-corrected chi connectivity index (χ1v) is 10.4. The van der Waals surface area contributed by atoms with Gasteiger partial charge < -0.3 is 9.47 Å². The summed E-state index contributed by atoms with van der Waals surface area (Å²) in [4.78, 5) is 6.20. The predicted molar refractivity (Wildman–Crippen MR) is 125 cm³/mol. The van der Waals surface area contributed by atoms with Crippen molar-refractivity contribution in [3.05, 3.63) is 83.7 Å². The third kappa shape index (κ3) is 4.55. The van der Waals surface area contributed by atoms with E-state index in [1.54, 1.807) is 23.4 Å². The summed E-state index contributed by atoms with van der Waals surface area (Å²) in [6, 6.07) is 18.9. The van der Waals surface area contributed by atoms with Crippen LogP contribution in [0.1, 0.15) is 17.0 Å². The van der Waals surface area contributed by atoms with E-state index in [1.807, 2.05) is 64.3 Å². The van der Waals surface area contributed by atoms with Gasteiger partial charge in [0.05, 0.1) is 23.3 Å². The molecular formula is C25H24F3N5. The average molecular weight is 451 g/mol. The molecule has 170 valence electrons. The Morgan fingerprint density at radius 2 is 1.61 bits per heavy atom. The zero-order valence-corrected chi connectivity index (χ0v) is 18.8. The Morgan fingerprint density at radius 1 is 0.909 bits per heavy atom. The van der Waals surface area contributed by atoms with Crippen molar-refractivity contribution in [3.8, 4) is 22.6 Å². The van der Waals surface area contributed by atoms with Crippen molar-refractivity contribution in [2.75, 3.05) is 14.1 Å². The van der Waals surface area contributed by atoms with Crippen LogP contribution in [0, 0.1) is 13.8 Å². The number of halogens is 3. The molecule has 0 aliphatic rings. The fraction of sp³-hybridized carbons (Fsp3) is 0.200. The van der Waals surface area contributed by atoms with E-state index < -0.39 is 11.7 Å². The second-order valence-corrected chi connectivity index (χ2v) is 8.01. The largest absolute Gasteiger partial charge is 0.416 e. The molecule has 0 aliphatic carbocycles. The highest BCUT2D eigenvalue weighted by Gasteiger charge is 2.31. The summed E-state index contributed by atoms with van der Waals surface area (Å²) in [7, 11) is 3.64. The highest BCUT2D eigenvalue weighted by Crippen LogP contribution is 2.34. The molecule has 0 unspecified atom stereocenters. The molecular weight excluding hydrogens is 427 g/mol. The Hall–Kier alpha value is -3.81. The average Bonchev–Trinajstić information content (AvgIpc) is 3.32. The number of nitrogens with zero attached hydrogens (tertiary/aromatic N) is 5. The highest BCUT2D eigenvalue weighted by atomic mass is 19.4. The number of hydrogen-bond donors (Lipinski definition) is 0. The van der Waals surface area contributed by atoms with E-state index in [1.165, 1.54) is 10.7 Å². The normalized spacial score (nSPS) is 12.0. The van der Waals surface area contributed by atoms with Gasteiger partial charge in [0.1, 0.15) is 0 Å². The van der Waals surface area contributed by atoms with Crippen molar-refractivity contribution in [1.29, 1.82) is 0 Å². The van der Waals surface area contributed by atoms with Crippen LogP contribution < -0.4 is 0 Å². The lowest BCUT2D eigenvalue weighted by Gasteiger charge is -2.10. The van der Waals surface area contributed by atoms with Crippen molar-refractivity contribution in [1.82, 2.24) is 19.2 Å². The van der Waals surface area contributed by atoms with E-state index in [9.17, 15) is 13.2 Å². The third-order valence-electron chi connectivity index (χ3n) is 5.25. The van der Waals surface area contributed by atoms with Gasteiger partial charge in [0.2, 0.25) is 0 Å². The van der Waals surface area contributed by atoms with Gasteiger partial charge in [-0.2, -0.15) is 18.3 Å². The fourth-order valence-electron chi connectivity index (χ4n) is 3.77. The third-order valence-corrected chi connectivity index (χ3v) is 5.25. The Morgan fingerprint density at radius 3 is 2.27 bits per heavy atom. The van der Waals surface area contributed by atoms with Gasteiger partial charge in [0.15, 0.2) is 5.82 Å². The first kappa shape index (κ1) is 22.4. The second-order valence-electron chi connectivity index (χ2n) is 8.01. The Balaban J connectivity index is 1.86. The zero-order chi connectivity index (χ0) is 23.8. The molecule has 2 heterocycles. The number of alkyl halides is 3. The zero-order valence-electron chi connectivity index (χ0n) is 18.8. The van der Waals surface area contributed by atoms with Crippen molar-refractivity contribution in [2.24, 2.45) is 4.99 Å². The van der Waals surface area contributed by atoms with Crippen LogP contribution in [-0.2, 0) is 6.18 Å². The summed E-state index contributed by atoms with van der Waals surface area (Å²) in [5, 5.41) is 4.66. The summed E-state index contributed by atoms with van der Waals surface area (Å²) in [5.74, 6) is 0.433. The molecule has 0 atom stereocenters. The maximum absolute atomic E-state index is 13.3. The van der Waals surface area contributed by atoms with Crippen LogP contribution in [-0.4, -0.2) is 39.7 Å². The van der Waals surface area contributed by atoms with Crippen molar-refractivity contribution >= 4 is 12.2 Å². The molecule has 5 nitrogen and oxygen atoms in total. The lowest BCUT2D eigenvalue weighted by Crippen LogP contribution is -2.08. The number of aryl methyl sites for hydroxylation is 1. The monoisotopic (exact) mass is 451 g/mol. The van der Waals surface area contributed by atoms with Crippen LogP contribution in [0.4, 0.5) is 19.0 Å². The lowest BCUT2D eigenvalue weighted by molar-refractivity contribution is -0.137. The molecule has 0 radical (unpaired) electrons. The maximum Gasteiger partial charge on any atom is 0.416 e. The smallest absolute Gasteiger partial charge is 0.369 e. The first-order valence-electron chi connectivity index (χ1n) is 10.4. The van der Waals surface area contributed by atoms with Crippen molar-refractivity contribution in [3.63, 3.8) is 0 Å². The van der Waals surface area contributed by atoms with Gasteiger partial charge in [-0.25, -0.2) is 9.67 Å². The molecule has 8 heteroatoms. The van der Waals surface area contributed by atoms with Gasteiger partial charge in [-0.05, 0) is 50.2 Å². The summed E-state index contributed by atoms with van der Waals surface area (Å²) < 4.78 is 43.5. The second kappa shape index (κ2) is 8.61. The topological polar surface area (TPSA) is 38.4 Å². The maximum atomic E-state index is 13.3. The quantitative estimate of drug-likeness (QED) is 0.268. The number of benzene rings is 2. The molecule has 2 aromatic heterocycles. The number of aromatic nitrogens is 3. The van der Waals surface area contributed by atoms with Gasteiger partial charge in [-0.1, -0.05) is 24.3 Å². The van der Waals surface area contributed by atoms with Crippen LogP contribution in [0.2, 0.25) is 0 Å². The van der Waals surface area contributed by atoms with Gasteiger partial charge in [0.25, 0.3) is 0 Å². The molecule has 0 N–H and O–H groups in total. The molecule has 4 aromatic rings. The van der Waals surface area contributed by atoms with E-state index in [2.05, 4.69) is 14.7 Å². The van der Waals surface area contributed by atoms with Gasteiger partial charge in [0, 0.05) is 42.8 Å². The predicted octanol–water partition coefficient (Wildman–Crippen LogP) is 6.19. The standard InChI is InChI=1S/C25H24F3N5/c1-17-13-22(18(2)32(17)20-10-6-5-7-11-20)23-15-24(29-16-31(3)4)33(30-23)21-12-8-9-19(14-21)25(26,27)28/h5-16H,1-4H3. The SMILES string of the molecule is Cc1cc(-c2cc(N=CN(C)C)n(-c3cccc(C(F)(F)F)c3)n2)c(C)n1-c1ccccc1. The van der Waals surface area contributed by atoms with Crippen LogP contribution >= 0.6 is 0 Å². The molecule has 33 heavy (non-hydrogen) atoms. The van der Waals surface area contributed by atoms with Crippen LogP contribution in [0.15, 0.2) is 71.7 Å². The summed E-state index contributed by atoms with van der Waals surface area (Å²) in [5.41, 5.74) is 4.12. The number of aliphatic imine (C=N–C) groups is 1. The molecule has 2 aromatic carbocycles. The molecule has 0 aliphatic heterocycles. The fourth-order valence-corrected chi connectivity index (χ4v) is 3.77. The lowest BCUT2D eigenvalue weighted by atomic mass is 10.2. The molecule has 4 rings (SSSR count). The number of hydrogen-bond acceptors (Lipinski definition) is 2. The summed E-state index contributed by atoms with van der Waals surface area (Å²) >= 11 is 0. The Bertz CT molecular complexity index is 1300. The minimum absolute atomic E-state index is 0.291. The van der Waals surface area contributed by atoms with E-state index >= 15 is 0 Å². The van der Waals surface area contributed by atoms with E-state index in [4.69, 9.17) is 0 Å². The minimum Gasteiger partial charge on any atom is -0.369 e. The van der Waals surface area contributed by atoms with Crippen molar-refractivity contribution < 1.29 is 13.2 Å². The first-order chi connectivity index (χ1) is 15.6. The highest BCUT2D eigenvalue weighted by molar-refractivity contribution is 5.70. The molecule has 0 amide bonds. The van der Waals surface area contributed by atoms with Gasteiger partial charge >= 0.3 is 6.18 Å². The van der Waals surface area contributed by atoms with Gasteiger partial charge in [-0.15, -0.1) is 0 Å². The minimum atomic E-state index is -4.44.